The van der Waals surface area contributed by atoms with Gasteiger partial charge in [0.25, 0.3) is 5.91 Å². The van der Waals surface area contributed by atoms with Crippen LogP contribution in [-0.2, 0) is 4.79 Å². The summed E-state index contributed by atoms with van der Waals surface area (Å²) in [6.45, 7) is 17.0. The monoisotopic (exact) mass is 617 g/mol. The number of halogens is 3. The van der Waals surface area contributed by atoms with Gasteiger partial charge in [0.2, 0.25) is 0 Å². The van der Waals surface area contributed by atoms with E-state index in [1.54, 1.807) is 36.5 Å². The van der Waals surface area contributed by atoms with Crippen LogP contribution in [0, 0.1) is 12.7 Å². The van der Waals surface area contributed by atoms with E-state index in [0.29, 0.717) is 39.2 Å². The van der Waals surface area contributed by atoms with Crippen molar-refractivity contribution in [2.24, 2.45) is 0 Å². The molecule has 1 aliphatic rings. The topological polar surface area (TPSA) is 71.3 Å². The van der Waals surface area contributed by atoms with Crippen molar-refractivity contribution in [2.75, 3.05) is 18.0 Å². The highest BCUT2D eigenvalue weighted by molar-refractivity contribution is 6.34. The fraction of sp³-hybridized carbons (Fsp3) is 0.294. The minimum atomic E-state index is -1.02. The summed E-state index contributed by atoms with van der Waals surface area (Å²) in [5.74, 6) is -1.92. The second kappa shape index (κ2) is 12.0. The fourth-order valence-corrected chi connectivity index (χ4v) is 6.45. The predicted octanol–water partition coefficient (Wildman–Crippen LogP) is 7.22. The maximum absolute atomic E-state index is 15.4. The van der Waals surface area contributed by atoms with Crippen molar-refractivity contribution in [1.82, 2.24) is 19.4 Å². The molecular formula is C34H34ClF2N5O2. The molecule has 2 aromatic heterocycles. The molecule has 0 radical (unpaired) electrons. The van der Waals surface area contributed by atoms with Crippen molar-refractivity contribution in [3.63, 3.8) is 0 Å². The highest BCUT2D eigenvalue weighted by Crippen LogP contribution is 2.40. The molecule has 0 spiro atoms. The molecule has 228 valence electrons. The SMILES string of the molecule is C=Cc1cccc(F)c1-c1cc2c(cc1Cl)c(N1[C@@H](C)CN(C(=O)C(=C)F)C[C@@H]1C)nc(=O)n2-c1c(C)ccnc1C(C)C. The molecule has 1 aliphatic heterocycles. The Morgan fingerprint density at radius 1 is 1.16 bits per heavy atom. The van der Waals surface area contributed by atoms with Crippen LogP contribution in [0.15, 0.2) is 66.4 Å². The lowest BCUT2D eigenvalue weighted by molar-refractivity contribution is -0.129. The van der Waals surface area contributed by atoms with E-state index in [1.807, 2.05) is 45.6 Å². The van der Waals surface area contributed by atoms with Crippen molar-refractivity contribution >= 4 is 40.3 Å². The number of benzene rings is 2. The molecular weight excluding hydrogens is 584 g/mol. The number of carbonyl (C=O) groups is 1. The van der Waals surface area contributed by atoms with Crippen molar-refractivity contribution in [1.29, 1.82) is 0 Å². The van der Waals surface area contributed by atoms with Gasteiger partial charge in [-0.1, -0.05) is 56.8 Å². The van der Waals surface area contributed by atoms with Crippen molar-refractivity contribution < 1.29 is 13.6 Å². The Bertz CT molecular complexity index is 1870. The van der Waals surface area contributed by atoms with Crippen LogP contribution in [0.1, 0.15) is 50.4 Å². The van der Waals surface area contributed by atoms with Gasteiger partial charge in [0.1, 0.15) is 11.6 Å². The van der Waals surface area contributed by atoms with Gasteiger partial charge in [-0.25, -0.2) is 13.6 Å². The zero-order valence-corrected chi connectivity index (χ0v) is 26.1. The molecule has 0 N–H and O–H groups in total. The summed E-state index contributed by atoms with van der Waals surface area (Å²) < 4.78 is 30.7. The van der Waals surface area contributed by atoms with Crippen LogP contribution >= 0.6 is 11.6 Å². The van der Waals surface area contributed by atoms with Crippen LogP contribution in [-0.4, -0.2) is 50.5 Å². The number of anilines is 1. The summed E-state index contributed by atoms with van der Waals surface area (Å²) in [5, 5.41) is 0.815. The lowest BCUT2D eigenvalue weighted by atomic mass is 9.97. The zero-order chi connectivity index (χ0) is 32.0. The maximum atomic E-state index is 15.4. The van der Waals surface area contributed by atoms with Gasteiger partial charge in [-0.05, 0) is 62.1 Å². The van der Waals surface area contributed by atoms with E-state index < -0.39 is 23.2 Å². The van der Waals surface area contributed by atoms with E-state index in [-0.39, 0.29) is 41.7 Å². The van der Waals surface area contributed by atoms with E-state index in [0.717, 1.165) is 5.56 Å². The first-order valence-electron chi connectivity index (χ1n) is 14.4. The largest absolute Gasteiger partial charge is 0.354 e. The highest BCUT2D eigenvalue weighted by atomic mass is 35.5. The molecule has 0 bridgehead atoms. The smallest absolute Gasteiger partial charge is 0.347 e. The van der Waals surface area contributed by atoms with E-state index in [4.69, 9.17) is 11.6 Å². The average Bonchev–Trinajstić information content (AvgIpc) is 2.96. The second-order valence-electron chi connectivity index (χ2n) is 11.5. The Morgan fingerprint density at radius 2 is 1.84 bits per heavy atom. The number of fused-ring (bicyclic) bond motifs is 1. The quantitative estimate of drug-likeness (QED) is 0.214. The van der Waals surface area contributed by atoms with Gasteiger partial charge in [0, 0.05) is 52.9 Å². The molecule has 0 saturated carbocycles. The van der Waals surface area contributed by atoms with E-state index in [9.17, 15) is 14.0 Å². The second-order valence-corrected chi connectivity index (χ2v) is 12.0. The highest BCUT2D eigenvalue weighted by Gasteiger charge is 2.35. The molecule has 0 aliphatic carbocycles. The molecule has 2 aromatic carbocycles. The summed E-state index contributed by atoms with van der Waals surface area (Å²) in [6.07, 6.45) is 3.26. The fourth-order valence-electron chi connectivity index (χ4n) is 6.19. The van der Waals surface area contributed by atoms with Crippen LogP contribution in [0.25, 0.3) is 33.8 Å². The number of carbonyl (C=O) groups excluding carboxylic acids is 1. The van der Waals surface area contributed by atoms with Gasteiger partial charge in [-0.2, -0.15) is 4.98 Å². The standard InChI is InChI=1S/C34H34ClF2N5O2/c1-8-23-10-9-11-27(37)29(23)24-15-28-25(14-26(24)35)32(41-20(5)16-40(17-21(41)6)33(43)22(7)36)39-34(44)42(28)31-19(4)12-13-38-30(31)18(2)3/h8-15,18,20-21H,1,7,16-17H2,2-6H3/t20-,21-/m0/s1. The minimum Gasteiger partial charge on any atom is -0.347 e. The molecule has 1 saturated heterocycles. The molecule has 2 atom stereocenters. The Morgan fingerprint density at radius 3 is 2.45 bits per heavy atom. The molecule has 1 fully saturated rings. The number of aryl methyl sites for hydroxylation is 1. The molecule has 5 rings (SSSR count). The number of nitrogens with zero attached hydrogens (tertiary/aromatic N) is 5. The lowest BCUT2D eigenvalue weighted by Crippen LogP contribution is -2.59. The van der Waals surface area contributed by atoms with Gasteiger partial charge in [0.15, 0.2) is 5.83 Å². The third kappa shape index (κ3) is 5.30. The Balaban J connectivity index is 1.85. The Hall–Kier alpha value is -4.37. The number of aromatic nitrogens is 3. The van der Waals surface area contributed by atoms with E-state index >= 15 is 4.39 Å². The molecule has 0 unspecified atom stereocenters. The van der Waals surface area contributed by atoms with Crippen LogP contribution < -0.4 is 10.6 Å². The Kier molecular flexibility index (Phi) is 8.44. The molecule has 44 heavy (non-hydrogen) atoms. The van der Waals surface area contributed by atoms with Gasteiger partial charge in [-0.3, -0.25) is 14.3 Å². The predicted molar refractivity (Wildman–Crippen MR) is 173 cm³/mol. The molecule has 10 heteroatoms. The summed E-state index contributed by atoms with van der Waals surface area (Å²) in [5.41, 5.74) is 3.24. The first-order chi connectivity index (χ1) is 20.8. The van der Waals surface area contributed by atoms with Gasteiger partial charge >= 0.3 is 5.69 Å². The van der Waals surface area contributed by atoms with Crippen LogP contribution in [0.2, 0.25) is 5.02 Å². The Labute approximate surface area is 260 Å². The summed E-state index contributed by atoms with van der Waals surface area (Å²) in [4.78, 5) is 39.2. The summed E-state index contributed by atoms with van der Waals surface area (Å²) in [6, 6.07) is 9.27. The number of amides is 1. The number of piperazine rings is 1. The van der Waals surface area contributed by atoms with E-state index in [2.05, 4.69) is 23.1 Å². The molecule has 1 amide bonds. The van der Waals surface area contributed by atoms with Gasteiger partial charge in [-0.15, -0.1) is 0 Å². The zero-order valence-electron chi connectivity index (χ0n) is 25.4. The lowest BCUT2D eigenvalue weighted by Gasteiger charge is -2.45. The van der Waals surface area contributed by atoms with Crippen molar-refractivity contribution in [3.05, 3.63) is 99.7 Å². The molecule has 4 aromatic rings. The normalized spacial score (nSPS) is 16.9. The van der Waals surface area contributed by atoms with Crippen LogP contribution in [0.4, 0.5) is 14.6 Å². The van der Waals surface area contributed by atoms with E-state index in [1.165, 1.54) is 15.5 Å². The van der Waals surface area contributed by atoms with Gasteiger partial charge < -0.3 is 9.80 Å². The van der Waals surface area contributed by atoms with Crippen molar-refractivity contribution in [3.8, 4) is 16.8 Å². The third-order valence-electron chi connectivity index (χ3n) is 8.10. The molecule has 7 nitrogen and oxygen atoms in total. The average molecular weight is 618 g/mol. The summed E-state index contributed by atoms with van der Waals surface area (Å²) in [7, 11) is 0. The van der Waals surface area contributed by atoms with Gasteiger partial charge in [0.05, 0.1) is 16.9 Å². The number of hydrogen-bond acceptors (Lipinski definition) is 5. The molecule has 3 heterocycles. The number of pyridine rings is 1. The third-order valence-corrected chi connectivity index (χ3v) is 8.42. The number of rotatable bonds is 6. The summed E-state index contributed by atoms with van der Waals surface area (Å²) >= 11 is 6.92. The first kappa shape index (κ1) is 31.1. The van der Waals surface area contributed by atoms with Crippen molar-refractivity contribution in [2.45, 2.75) is 52.6 Å². The maximum Gasteiger partial charge on any atom is 0.354 e. The first-order valence-corrected chi connectivity index (χ1v) is 14.8. The minimum absolute atomic E-state index is 0.0202. The number of hydrogen-bond donors (Lipinski definition) is 0. The van der Waals surface area contributed by atoms with Crippen LogP contribution in [0.5, 0.6) is 0 Å². The van der Waals surface area contributed by atoms with Crippen LogP contribution in [0.3, 0.4) is 0 Å².